The standard InChI is InChI=1S/C49H29N3O/c1-2-13-32(14-3-1)47-50-48(34-23-25-38-33(27-34)22-21-31-12-5-6-16-36(31)38)52-49(51-47)35-24-26-45-43(28-35)44-29-42(40-18-8-9-19-41(40)46(44)53-45)39-20-10-15-30-11-4-7-17-37(30)39/h1-29H. The Hall–Kier alpha value is -7.17. The maximum absolute atomic E-state index is 6.64. The van der Waals surface area contributed by atoms with Crippen molar-refractivity contribution in [3.63, 3.8) is 0 Å². The molecule has 0 radical (unpaired) electrons. The van der Waals surface area contributed by atoms with Crippen LogP contribution in [0.1, 0.15) is 0 Å². The molecule has 0 saturated carbocycles. The predicted octanol–water partition coefficient (Wildman–Crippen LogP) is 13.1. The minimum atomic E-state index is 0.610. The molecule has 2 aromatic heterocycles. The minimum absolute atomic E-state index is 0.610. The second-order valence-corrected chi connectivity index (χ2v) is 13.6. The molecule has 11 aromatic rings. The van der Waals surface area contributed by atoms with Gasteiger partial charge in [0, 0.05) is 32.8 Å². The number of hydrogen-bond donors (Lipinski definition) is 0. The first-order valence-electron chi connectivity index (χ1n) is 17.9. The molecule has 0 aliphatic heterocycles. The third-order valence-electron chi connectivity index (χ3n) is 10.5. The zero-order valence-electron chi connectivity index (χ0n) is 28.5. The van der Waals surface area contributed by atoms with Crippen LogP contribution in [-0.2, 0) is 0 Å². The number of aromatic nitrogens is 3. The van der Waals surface area contributed by atoms with E-state index < -0.39 is 0 Å². The van der Waals surface area contributed by atoms with Crippen molar-refractivity contribution >= 4 is 65.0 Å². The summed E-state index contributed by atoms with van der Waals surface area (Å²) < 4.78 is 6.64. The van der Waals surface area contributed by atoms with Crippen LogP contribution in [0.25, 0.3) is 110 Å². The highest BCUT2D eigenvalue weighted by atomic mass is 16.3. The second-order valence-electron chi connectivity index (χ2n) is 13.6. The van der Waals surface area contributed by atoms with E-state index in [4.69, 9.17) is 19.4 Å². The van der Waals surface area contributed by atoms with Crippen LogP contribution >= 0.6 is 0 Å². The number of benzene rings is 9. The molecule has 0 aliphatic carbocycles. The van der Waals surface area contributed by atoms with Gasteiger partial charge in [0.1, 0.15) is 11.2 Å². The largest absolute Gasteiger partial charge is 0.455 e. The van der Waals surface area contributed by atoms with Crippen LogP contribution < -0.4 is 0 Å². The van der Waals surface area contributed by atoms with E-state index in [9.17, 15) is 0 Å². The number of nitrogens with zero attached hydrogens (tertiary/aromatic N) is 3. The van der Waals surface area contributed by atoms with Crippen LogP contribution in [-0.4, -0.2) is 15.0 Å². The molecule has 0 aliphatic rings. The van der Waals surface area contributed by atoms with Crippen molar-refractivity contribution in [1.29, 1.82) is 0 Å². The summed E-state index contributed by atoms with van der Waals surface area (Å²) in [5, 5.41) is 11.6. The van der Waals surface area contributed by atoms with Gasteiger partial charge in [-0.15, -0.1) is 0 Å². The second kappa shape index (κ2) is 11.7. The van der Waals surface area contributed by atoms with Crippen molar-refractivity contribution in [3.05, 3.63) is 176 Å². The van der Waals surface area contributed by atoms with E-state index in [0.717, 1.165) is 54.8 Å². The van der Waals surface area contributed by atoms with Crippen LogP contribution in [0, 0.1) is 0 Å². The summed E-state index contributed by atoms with van der Waals surface area (Å²) in [7, 11) is 0. The van der Waals surface area contributed by atoms with Gasteiger partial charge >= 0.3 is 0 Å². The molecule has 0 saturated heterocycles. The number of rotatable bonds is 4. The Balaban J connectivity index is 1.12. The summed E-state index contributed by atoms with van der Waals surface area (Å²) in [5.41, 5.74) is 6.85. The molecule has 0 atom stereocenters. The Labute approximate surface area is 304 Å². The van der Waals surface area contributed by atoms with E-state index in [-0.39, 0.29) is 0 Å². The lowest BCUT2D eigenvalue weighted by molar-refractivity contribution is 0.672. The summed E-state index contributed by atoms with van der Waals surface area (Å²) in [5.74, 6) is 1.87. The van der Waals surface area contributed by atoms with E-state index in [1.54, 1.807) is 0 Å². The molecule has 0 unspecified atom stereocenters. The molecule has 246 valence electrons. The van der Waals surface area contributed by atoms with Crippen molar-refractivity contribution in [2.45, 2.75) is 0 Å². The fraction of sp³-hybridized carbons (Fsp3) is 0. The lowest BCUT2D eigenvalue weighted by Crippen LogP contribution is -2.00. The normalized spacial score (nSPS) is 11.8. The molecular formula is C49H29N3O. The monoisotopic (exact) mass is 675 g/mol. The maximum Gasteiger partial charge on any atom is 0.164 e. The molecule has 0 N–H and O–H groups in total. The van der Waals surface area contributed by atoms with Gasteiger partial charge in [-0.05, 0) is 79.2 Å². The molecule has 0 amide bonds. The van der Waals surface area contributed by atoms with Gasteiger partial charge < -0.3 is 4.42 Å². The Morgan fingerprint density at radius 2 is 0.887 bits per heavy atom. The molecule has 2 heterocycles. The molecule has 4 nitrogen and oxygen atoms in total. The first-order valence-corrected chi connectivity index (χ1v) is 17.9. The van der Waals surface area contributed by atoms with Crippen LogP contribution in [0.15, 0.2) is 180 Å². The summed E-state index contributed by atoms with van der Waals surface area (Å²) in [4.78, 5) is 15.2. The lowest BCUT2D eigenvalue weighted by Gasteiger charge is -2.11. The van der Waals surface area contributed by atoms with E-state index in [1.807, 2.05) is 36.4 Å². The third-order valence-corrected chi connectivity index (χ3v) is 10.5. The van der Waals surface area contributed by atoms with Gasteiger partial charge in [0.25, 0.3) is 0 Å². The molecular weight excluding hydrogens is 647 g/mol. The smallest absolute Gasteiger partial charge is 0.164 e. The molecule has 11 rings (SSSR count). The third kappa shape index (κ3) is 4.80. The highest BCUT2D eigenvalue weighted by Gasteiger charge is 2.19. The average molecular weight is 676 g/mol. The van der Waals surface area contributed by atoms with E-state index in [2.05, 4.69) is 140 Å². The van der Waals surface area contributed by atoms with Gasteiger partial charge in [0.15, 0.2) is 17.5 Å². The number of fused-ring (bicyclic) bond motifs is 9. The average Bonchev–Trinajstić information content (AvgIpc) is 3.61. The Morgan fingerprint density at radius 3 is 1.70 bits per heavy atom. The van der Waals surface area contributed by atoms with Gasteiger partial charge in [-0.1, -0.05) is 146 Å². The van der Waals surface area contributed by atoms with Gasteiger partial charge in [0.05, 0.1) is 0 Å². The van der Waals surface area contributed by atoms with Crippen molar-refractivity contribution in [1.82, 2.24) is 15.0 Å². The lowest BCUT2D eigenvalue weighted by atomic mass is 9.92. The summed E-state index contributed by atoms with van der Waals surface area (Å²) in [6.07, 6.45) is 0. The van der Waals surface area contributed by atoms with Gasteiger partial charge in [0.2, 0.25) is 0 Å². The van der Waals surface area contributed by atoms with Crippen molar-refractivity contribution in [2.75, 3.05) is 0 Å². The Morgan fingerprint density at radius 1 is 0.302 bits per heavy atom. The summed E-state index contributed by atoms with van der Waals surface area (Å²) >= 11 is 0. The minimum Gasteiger partial charge on any atom is -0.455 e. The number of hydrogen-bond acceptors (Lipinski definition) is 4. The molecule has 0 fully saturated rings. The predicted molar refractivity (Wildman–Crippen MR) is 219 cm³/mol. The molecule has 0 spiro atoms. The van der Waals surface area contributed by atoms with Crippen LogP contribution in [0.2, 0.25) is 0 Å². The molecule has 9 aromatic carbocycles. The Bertz CT molecular complexity index is 3230. The van der Waals surface area contributed by atoms with Crippen LogP contribution in [0.4, 0.5) is 0 Å². The quantitative estimate of drug-likeness (QED) is 0.174. The zero-order chi connectivity index (χ0) is 34.9. The first kappa shape index (κ1) is 29.5. The Kier molecular flexibility index (Phi) is 6.52. The molecule has 53 heavy (non-hydrogen) atoms. The van der Waals surface area contributed by atoms with Crippen molar-refractivity contribution in [3.8, 4) is 45.3 Å². The SMILES string of the molecule is c1ccc(-c2nc(-c3ccc4c(ccc5ccccc54)c3)nc(-c3ccc4oc5c6ccccc6c(-c6cccc7ccccc67)cc5c4c3)n2)cc1. The summed E-state index contributed by atoms with van der Waals surface area (Å²) in [6, 6.07) is 61.7. The zero-order valence-corrected chi connectivity index (χ0v) is 28.5. The van der Waals surface area contributed by atoms with Crippen LogP contribution in [0.5, 0.6) is 0 Å². The maximum atomic E-state index is 6.64. The fourth-order valence-electron chi connectivity index (χ4n) is 7.92. The highest BCUT2D eigenvalue weighted by Crippen LogP contribution is 2.42. The highest BCUT2D eigenvalue weighted by molar-refractivity contribution is 6.21. The summed E-state index contributed by atoms with van der Waals surface area (Å²) in [6.45, 7) is 0. The van der Waals surface area contributed by atoms with Crippen molar-refractivity contribution < 1.29 is 4.42 Å². The van der Waals surface area contributed by atoms with Gasteiger partial charge in [-0.2, -0.15) is 0 Å². The van der Waals surface area contributed by atoms with Crippen molar-refractivity contribution in [2.24, 2.45) is 0 Å². The van der Waals surface area contributed by atoms with E-state index in [1.165, 1.54) is 38.1 Å². The number of furan rings is 1. The molecule has 4 heteroatoms. The first-order chi connectivity index (χ1) is 26.2. The van der Waals surface area contributed by atoms with Crippen LogP contribution in [0.3, 0.4) is 0 Å². The van der Waals surface area contributed by atoms with Gasteiger partial charge in [-0.3, -0.25) is 0 Å². The fourth-order valence-corrected chi connectivity index (χ4v) is 7.92. The molecule has 0 bridgehead atoms. The van der Waals surface area contributed by atoms with E-state index in [0.29, 0.717) is 17.5 Å². The topological polar surface area (TPSA) is 51.8 Å². The van der Waals surface area contributed by atoms with E-state index >= 15 is 0 Å². The van der Waals surface area contributed by atoms with Gasteiger partial charge in [-0.25, -0.2) is 15.0 Å².